The second kappa shape index (κ2) is 6.19. The molecule has 128 valence electrons. The number of para-hydroxylation sites is 2. The lowest BCUT2D eigenvalue weighted by molar-refractivity contribution is 0.477. The number of benzene rings is 3. The van der Waals surface area contributed by atoms with E-state index in [1.807, 2.05) is 24.3 Å². The molecule has 0 spiro atoms. The van der Waals surface area contributed by atoms with Gasteiger partial charge in [0.25, 0.3) is 0 Å². The van der Waals surface area contributed by atoms with Crippen LogP contribution in [0.2, 0.25) is 5.02 Å². The maximum absolute atomic E-state index is 6.58. The molecule has 0 bridgehead atoms. The Kier molecular flexibility index (Phi) is 3.68. The molecule has 3 nitrogen and oxygen atoms in total. The van der Waals surface area contributed by atoms with Gasteiger partial charge in [0.1, 0.15) is 0 Å². The molecule has 26 heavy (non-hydrogen) atoms. The summed E-state index contributed by atoms with van der Waals surface area (Å²) in [5.41, 5.74) is 4.54. The minimum absolute atomic E-state index is 0.137. The van der Waals surface area contributed by atoms with E-state index in [2.05, 4.69) is 64.5 Å². The Balaban J connectivity index is 1.71. The van der Waals surface area contributed by atoms with Crippen molar-refractivity contribution in [1.82, 2.24) is 9.55 Å². The maximum Gasteiger partial charge on any atom is 0.204 e. The van der Waals surface area contributed by atoms with Gasteiger partial charge in [0.15, 0.2) is 0 Å². The van der Waals surface area contributed by atoms with E-state index in [0.29, 0.717) is 0 Å². The summed E-state index contributed by atoms with van der Waals surface area (Å²) in [5, 5.41) is 4.43. The van der Waals surface area contributed by atoms with Crippen molar-refractivity contribution in [1.29, 1.82) is 0 Å². The van der Waals surface area contributed by atoms with Gasteiger partial charge in [-0.05, 0) is 35.7 Å². The Hall–Kier alpha value is -2.78. The van der Waals surface area contributed by atoms with Crippen LogP contribution in [0.1, 0.15) is 29.6 Å². The quantitative estimate of drug-likeness (QED) is 0.487. The predicted octanol–water partition coefficient (Wildman–Crippen LogP) is 5.84. The summed E-state index contributed by atoms with van der Waals surface area (Å²) >= 11 is 6.58. The average Bonchev–Trinajstić information content (AvgIpc) is 3.07. The van der Waals surface area contributed by atoms with E-state index in [1.54, 1.807) is 0 Å². The maximum atomic E-state index is 6.58. The minimum Gasteiger partial charge on any atom is -0.349 e. The summed E-state index contributed by atoms with van der Waals surface area (Å²) in [6.07, 6.45) is 0.918. The molecule has 0 amide bonds. The first-order chi connectivity index (χ1) is 12.8. The zero-order chi connectivity index (χ0) is 17.5. The zero-order valence-corrected chi connectivity index (χ0v) is 14.9. The molecule has 3 aromatic carbocycles. The Bertz CT molecular complexity index is 1070. The second-order valence-electron chi connectivity index (χ2n) is 6.67. The molecule has 0 radical (unpaired) electrons. The van der Waals surface area contributed by atoms with Gasteiger partial charge in [-0.2, -0.15) is 0 Å². The Morgan fingerprint density at radius 2 is 1.62 bits per heavy atom. The monoisotopic (exact) mass is 359 g/mol. The highest BCUT2D eigenvalue weighted by Gasteiger charge is 2.31. The van der Waals surface area contributed by atoms with Crippen LogP contribution in [-0.2, 0) is 0 Å². The van der Waals surface area contributed by atoms with E-state index in [-0.39, 0.29) is 12.1 Å². The number of anilines is 1. The van der Waals surface area contributed by atoms with Crippen molar-refractivity contribution in [2.45, 2.75) is 18.5 Å². The molecule has 1 aliphatic heterocycles. The van der Waals surface area contributed by atoms with Crippen molar-refractivity contribution in [2.24, 2.45) is 0 Å². The normalized spacial score (nSPS) is 19.1. The molecule has 1 aromatic heterocycles. The molecule has 2 heterocycles. The molecule has 1 aliphatic rings. The van der Waals surface area contributed by atoms with Crippen molar-refractivity contribution in [2.75, 3.05) is 5.32 Å². The lowest BCUT2D eigenvalue weighted by Gasteiger charge is -2.34. The molecule has 0 saturated carbocycles. The van der Waals surface area contributed by atoms with Crippen LogP contribution < -0.4 is 5.32 Å². The van der Waals surface area contributed by atoms with Crippen molar-refractivity contribution >= 4 is 28.6 Å². The van der Waals surface area contributed by atoms with Crippen LogP contribution in [0.25, 0.3) is 11.0 Å². The van der Waals surface area contributed by atoms with Crippen molar-refractivity contribution in [3.8, 4) is 0 Å². The number of halogens is 1. The van der Waals surface area contributed by atoms with Crippen molar-refractivity contribution in [3.05, 3.63) is 95.0 Å². The third-order valence-electron chi connectivity index (χ3n) is 5.14. The second-order valence-corrected chi connectivity index (χ2v) is 7.08. The Labute approximate surface area is 157 Å². The largest absolute Gasteiger partial charge is 0.349 e. The van der Waals surface area contributed by atoms with Crippen LogP contribution in [-0.4, -0.2) is 9.55 Å². The summed E-state index contributed by atoms with van der Waals surface area (Å²) in [4.78, 5) is 4.84. The molecular formula is C22H18ClN3. The predicted molar refractivity (Wildman–Crippen MR) is 107 cm³/mol. The van der Waals surface area contributed by atoms with Gasteiger partial charge in [-0.15, -0.1) is 0 Å². The van der Waals surface area contributed by atoms with Gasteiger partial charge in [-0.25, -0.2) is 4.98 Å². The molecular weight excluding hydrogens is 342 g/mol. The molecule has 0 aliphatic carbocycles. The number of hydrogen-bond donors (Lipinski definition) is 1. The van der Waals surface area contributed by atoms with Gasteiger partial charge >= 0.3 is 0 Å². The fourth-order valence-corrected chi connectivity index (χ4v) is 4.18. The molecule has 5 rings (SSSR count). The van der Waals surface area contributed by atoms with Crippen LogP contribution in [0.4, 0.5) is 5.95 Å². The smallest absolute Gasteiger partial charge is 0.204 e. The number of imidazole rings is 1. The standard InChI is InChI=1S/C22H18ClN3/c23-17-11-5-4-10-16(17)21-14-19(15-8-2-1-3-9-15)25-22-24-18-12-6-7-13-20(18)26(21)22/h1-13,19,21H,14H2,(H,24,25)/t19-,21-/m1/s1. The minimum atomic E-state index is 0.137. The van der Waals surface area contributed by atoms with Gasteiger partial charge in [-0.3, -0.25) is 0 Å². The van der Waals surface area contributed by atoms with Gasteiger partial charge in [0, 0.05) is 5.02 Å². The number of fused-ring (bicyclic) bond motifs is 3. The van der Waals surface area contributed by atoms with Gasteiger partial charge in [0.2, 0.25) is 5.95 Å². The lowest BCUT2D eigenvalue weighted by atomic mass is 9.93. The molecule has 2 atom stereocenters. The molecule has 4 aromatic rings. The summed E-state index contributed by atoms with van der Waals surface area (Å²) in [5.74, 6) is 0.899. The number of nitrogens with zero attached hydrogens (tertiary/aromatic N) is 2. The summed E-state index contributed by atoms with van der Waals surface area (Å²) in [6.45, 7) is 0. The van der Waals surface area contributed by atoms with Crippen LogP contribution in [0, 0.1) is 0 Å². The van der Waals surface area contributed by atoms with Crippen molar-refractivity contribution in [3.63, 3.8) is 0 Å². The van der Waals surface area contributed by atoms with Crippen LogP contribution in [0.15, 0.2) is 78.9 Å². The number of rotatable bonds is 2. The highest BCUT2D eigenvalue weighted by Crippen LogP contribution is 2.42. The molecule has 4 heteroatoms. The van der Waals surface area contributed by atoms with Crippen LogP contribution >= 0.6 is 11.6 Å². The number of hydrogen-bond acceptors (Lipinski definition) is 2. The average molecular weight is 360 g/mol. The highest BCUT2D eigenvalue weighted by molar-refractivity contribution is 6.31. The number of nitrogens with one attached hydrogen (secondary N) is 1. The highest BCUT2D eigenvalue weighted by atomic mass is 35.5. The molecule has 0 fully saturated rings. The fourth-order valence-electron chi connectivity index (χ4n) is 3.92. The van der Waals surface area contributed by atoms with Gasteiger partial charge in [-0.1, -0.05) is 72.3 Å². The summed E-state index contributed by atoms with van der Waals surface area (Å²) < 4.78 is 2.29. The van der Waals surface area contributed by atoms with Gasteiger partial charge < -0.3 is 9.88 Å². The third kappa shape index (κ3) is 2.47. The van der Waals surface area contributed by atoms with E-state index >= 15 is 0 Å². The first kappa shape index (κ1) is 15.5. The lowest BCUT2D eigenvalue weighted by Crippen LogP contribution is -2.27. The van der Waals surface area contributed by atoms with Crippen LogP contribution in [0.5, 0.6) is 0 Å². The summed E-state index contributed by atoms with van der Waals surface area (Å²) in [6, 6.07) is 27.3. The third-order valence-corrected chi connectivity index (χ3v) is 5.48. The Morgan fingerprint density at radius 3 is 2.46 bits per heavy atom. The zero-order valence-electron chi connectivity index (χ0n) is 14.1. The van der Waals surface area contributed by atoms with E-state index in [4.69, 9.17) is 16.6 Å². The van der Waals surface area contributed by atoms with E-state index in [1.165, 1.54) is 5.56 Å². The number of aromatic nitrogens is 2. The van der Waals surface area contributed by atoms with Crippen molar-refractivity contribution < 1.29 is 0 Å². The van der Waals surface area contributed by atoms with Crippen LogP contribution in [0.3, 0.4) is 0 Å². The molecule has 1 N–H and O–H groups in total. The fraction of sp³-hybridized carbons (Fsp3) is 0.136. The first-order valence-corrected chi connectivity index (χ1v) is 9.22. The van der Waals surface area contributed by atoms with Gasteiger partial charge in [0.05, 0.1) is 23.1 Å². The van der Waals surface area contributed by atoms with E-state index in [9.17, 15) is 0 Å². The van der Waals surface area contributed by atoms with E-state index in [0.717, 1.165) is 34.0 Å². The molecule has 0 saturated heterocycles. The SMILES string of the molecule is Clc1ccccc1[C@H]1C[C@H](c2ccccc2)Nc2nc3ccccc3n21. The summed E-state index contributed by atoms with van der Waals surface area (Å²) in [7, 11) is 0. The van der Waals surface area contributed by atoms with E-state index < -0.39 is 0 Å². The first-order valence-electron chi connectivity index (χ1n) is 8.84. The molecule has 0 unspecified atom stereocenters. The topological polar surface area (TPSA) is 29.9 Å². The Morgan fingerprint density at radius 1 is 0.885 bits per heavy atom.